The number of hydrogen-bond acceptors (Lipinski definition) is 4. The predicted molar refractivity (Wildman–Crippen MR) is 117 cm³/mol. The number of unbranched alkanes of at least 4 members (excludes halogenated alkanes) is 2. The number of anilines is 1. The van der Waals surface area contributed by atoms with E-state index in [1.165, 1.54) is 7.11 Å². The first-order valence-electron chi connectivity index (χ1n) is 9.16. The molecule has 5 nitrogen and oxygen atoms in total. The Morgan fingerprint density at radius 2 is 1.86 bits per heavy atom. The van der Waals surface area contributed by atoms with Crippen LogP contribution in [0, 0.1) is 0 Å². The van der Waals surface area contributed by atoms with Crippen molar-refractivity contribution in [1.29, 1.82) is 0 Å². The van der Waals surface area contributed by atoms with Gasteiger partial charge in [-0.25, -0.2) is 0 Å². The Morgan fingerprint density at radius 3 is 2.57 bits per heavy atom. The molecule has 0 aliphatic rings. The Labute approximate surface area is 176 Å². The number of aromatic hydroxyl groups is 1. The quantitative estimate of drug-likeness (QED) is 0.349. The zero-order chi connectivity index (χ0) is 20.4. The van der Waals surface area contributed by atoms with Crippen LogP contribution in [0.3, 0.4) is 0 Å². The van der Waals surface area contributed by atoms with E-state index < -0.39 is 0 Å². The third kappa shape index (κ3) is 6.69. The zero-order valence-electron chi connectivity index (χ0n) is 15.9. The number of nitrogens with zero attached hydrogens (tertiary/aromatic N) is 1. The molecule has 0 radical (unpaired) electrons. The lowest BCUT2D eigenvalue weighted by atomic mass is 10.1. The van der Waals surface area contributed by atoms with Gasteiger partial charge in [-0.3, -0.25) is 4.79 Å². The van der Waals surface area contributed by atoms with Crippen LogP contribution in [0.2, 0.25) is 5.02 Å². The zero-order valence-corrected chi connectivity index (χ0v) is 17.4. The van der Waals surface area contributed by atoms with Crippen molar-refractivity contribution < 1.29 is 14.6 Å². The first-order valence-corrected chi connectivity index (χ1v) is 9.95. The number of benzene rings is 2. The SMILES string of the molecule is COC(=O)CCCCCNC(=S)N(Cc1ccccc1O)c1ccccc1Cl. The fourth-order valence-electron chi connectivity index (χ4n) is 2.72. The van der Waals surface area contributed by atoms with Crippen molar-refractivity contribution in [3.63, 3.8) is 0 Å². The molecule has 2 rings (SSSR count). The number of ether oxygens (including phenoxy) is 1. The lowest BCUT2D eigenvalue weighted by Crippen LogP contribution is -2.40. The van der Waals surface area contributed by atoms with Crippen molar-refractivity contribution in [2.45, 2.75) is 32.2 Å². The highest BCUT2D eigenvalue weighted by Crippen LogP contribution is 2.28. The Bertz CT molecular complexity index is 801. The normalized spacial score (nSPS) is 10.4. The number of hydrogen-bond donors (Lipinski definition) is 2. The Kier molecular flexibility index (Phi) is 9.04. The molecule has 150 valence electrons. The second kappa shape index (κ2) is 11.5. The highest BCUT2D eigenvalue weighted by molar-refractivity contribution is 7.80. The van der Waals surface area contributed by atoms with Gasteiger partial charge in [-0.2, -0.15) is 0 Å². The van der Waals surface area contributed by atoms with E-state index >= 15 is 0 Å². The molecule has 0 fully saturated rings. The Balaban J connectivity index is 1.99. The number of phenolic OH excluding ortho intramolecular Hbond substituents is 1. The van der Waals surface area contributed by atoms with Gasteiger partial charge < -0.3 is 20.1 Å². The van der Waals surface area contributed by atoms with E-state index in [1.54, 1.807) is 12.1 Å². The second-order valence-corrected chi connectivity index (χ2v) is 7.08. The van der Waals surface area contributed by atoms with Gasteiger partial charge in [0.1, 0.15) is 5.75 Å². The van der Waals surface area contributed by atoms with Crippen molar-refractivity contribution in [3.05, 3.63) is 59.1 Å². The highest BCUT2D eigenvalue weighted by atomic mass is 35.5. The lowest BCUT2D eigenvalue weighted by molar-refractivity contribution is -0.140. The molecule has 0 aliphatic carbocycles. The number of phenols is 1. The summed E-state index contributed by atoms with van der Waals surface area (Å²) in [5, 5.41) is 14.5. The first kappa shape index (κ1) is 22.0. The molecule has 0 bridgehead atoms. The van der Waals surface area contributed by atoms with E-state index in [0.717, 1.165) is 30.5 Å². The van der Waals surface area contributed by atoms with E-state index in [2.05, 4.69) is 10.1 Å². The second-order valence-electron chi connectivity index (χ2n) is 6.28. The average molecular weight is 421 g/mol. The minimum Gasteiger partial charge on any atom is -0.508 e. The largest absolute Gasteiger partial charge is 0.508 e. The van der Waals surface area contributed by atoms with Gasteiger partial charge in [-0.1, -0.05) is 48.4 Å². The number of esters is 1. The molecule has 2 N–H and O–H groups in total. The first-order chi connectivity index (χ1) is 13.5. The summed E-state index contributed by atoms with van der Waals surface area (Å²) in [4.78, 5) is 13.0. The fourth-order valence-corrected chi connectivity index (χ4v) is 3.22. The maximum absolute atomic E-state index is 11.1. The van der Waals surface area contributed by atoms with Crippen LogP contribution in [-0.2, 0) is 16.1 Å². The molecular weight excluding hydrogens is 396 g/mol. The van der Waals surface area contributed by atoms with E-state index in [9.17, 15) is 9.90 Å². The van der Waals surface area contributed by atoms with Gasteiger partial charge in [0.2, 0.25) is 0 Å². The number of nitrogens with one attached hydrogen (secondary N) is 1. The summed E-state index contributed by atoms with van der Waals surface area (Å²) in [6, 6.07) is 14.6. The molecule has 0 heterocycles. The molecule has 0 amide bonds. The van der Waals surface area contributed by atoms with Gasteiger partial charge in [-0.05, 0) is 43.3 Å². The Hall–Kier alpha value is -2.31. The summed E-state index contributed by atoms with van der Waals surface area (Å²) in [5.74, 6) is 0.0289. The fraction of sp³-hybridized carbons (Fsp3) is 0.333. The van der Waals surface area contributed by atoms with Crippen LogP contribution in [0.5, 0.6) is 5.75 Å². The number of methoxy groups -OCH3 is 1. The summed E-state index contributed by atoms with van der Waals surface area (Å²) >= 11 is 12.0. The monoisotopic (exact) mass is 420 g/mol. The number of carbonyl (C=O) groups excluding carboxylic acids is 1. The third-order valence-corrected chi connectivity index (χ3v) is 4.95. The molecule has 0 aliphatic heterocycles. The van der Waals surface area contributed by atoms with E-state index in [-0.39, 0.29) is 11.7 Å². The van der Waals surface area contributed by atoms with E-state index in [4.69, 9.17) is 23.8 Å². The summed E-state index contributed by atoms with van der Waals surface area (Å²) in [6.07, 6.45) is 2.99. The van der Waals surface area contributed by atoms with Crippen LogP contribution in [-0.4, -0.2) is 29.8 Å². The van der Waals surface area contributed by atoms with Crippen molar-refractivity contribution >= 4 is 40.6 Å². The topological polar surface area (TPSA) is 61.8 Å². The van der Waals surface area contributed by atoms with Gasteiger partial charge in [0.15, 0.2) is 5.11 Å². The van der Waals surface area contributed by atoms with Gasteiger partial charge in [-0.15, -0.1) is 0 Å². The van der Waals surface area contributed by atoms with Crippen LogP contribution in [0.15, 0.2) is 48.5 Å². The van der Waals surface area contributed by atoms with Crippen molar-refractivity contribution in [1.82, 2.24) is 5.32 Å². The van der Waals surface area contributed by atoms with Crippen molar-refractivity contribution in [2.24, 2.45) is 0 Å². The molecule has 0 spiro atoms. The van der Waals surface area contributed by atoms with Crippen LogP contribution in [0.4, 0.5) is 5.69 Å². The van der Waals surface area contributed by atoms with Crippen LogP contribution in [0.25, 0.3) is 0 Å². The minimum absolute atomic E-state index is 0.184. The van der Waals surface area contributed by atoms with Crippen molar-refractivity contribution in [2.75, 3.05) is 18.6 Å². The number of halogens is 1. The molecule has 0 saturated carbocycles. The average Bonchev–Trinajstić information content (AvgIpc) is 2.70. The lowest BCUT2D eigenvalue weighted by Gasteiger charge is -2.27. The van der Waals surface area contributed by atoms with Gasteiger partial charge in [0.25, 0.3) is 0 Å². The maximum atomic E-state index is 11.1. The maximum Gasteiger partial charge on any atom is 0.305 e. The van der Waals surface area contributed by atoms with Crippen LogP contribution < -0.4 is 10.2 Å². The molecule has 7 heteroatoms. The smallest absolute Gasteiger partial charge is 0.305 e. The third-order valence-electron chi connectivity index (χ3n) is 4.27. The van der Waals surface area contributed by atoms with Crippen molar-refractivity contribution in [3.8, 4) is 5.75 Å². The number of para-hydroxylation sites is 2. The summed E-state index contributed by atoms with van der Waals surface area (Å²) < 4.78 is 4.64. The minimum atomic E-state index is -0.184. The molecular formula is C21H25ClN2O3S. The molecule has 2 aromatic rings. The summed E-state index contributed by atoms with van der Waals surface area (Å²) in [7, 11) is 1.40. The molecule has 0 unspecified atom stereocenters. The predicted octanol–water partition coefficient (Wildman–Crippen LogP) is 4.66. The number of carbonyl (C=O) groups is 1. The van der Waals surface area contributed by atoms with Crippen LogP contribution in [0.1, 0.15) is 31.2 Å². The summed E-state index contributed by atoms with van der Waals surface area (Å²) in [5.41, 5.74) is 1.53. The van der Waals surface area contributed by atoms with Crippen LogP contribution >= 0.6 is 23.8 Å². The number of thiocarbonyl (C=S) groups is 1. The number of rotatable bonds is 9. The van der Waals surface area contributed by atoms with E-state index in [0.29, 0.717) is 29.6 Å². The molecule has 0 atom stereocenters. The van der Waals surface area contributed by atoms with Gasteiger partial charge in [0.05, 0.1) is 24.4 Å². The molecule has 0 saturated heterocycles. The van der Waals surface area contributed by atoms with Gasteiger partial charge in [0, 0.05) is 18.5 Å². The molecule has 28 heavy (non-hydrogen) atoms. The summed E-state index contributed by atoms with van der Waals surface area (Å²) in [6.45, 7) is 1.08. The molecule has 0 aromatic heterocycles. The molecule has 2 aromatic carbocycles. The highest BCUT2D eigenvalue weighted by Gasteiger charge is 2.17. The van der Waals surface area contributed by atoms with Gasteiger partial charge >= 0.3 is 5.97 Å². The Morgan fingerprint density at radius 1 is 1.14 bits per heavy atom. The standard InChI is InChI=1S/C21H25ClN2O3S/c1-27-20(26)13-3-2-8-14-23-21(28)24(18-11-6-5-10-17(18)22)15-16-9-4-7-12-19(16)25/h4-7,9-12,25H,2-3,8,13-15H2,1H3,(H,23,28). The van der Waals surface area contributed by atoms with E-state index in [1.807, 2.05) is 41.3 Å².